The quantitative estimate of drug-likeness (QED) is 0.884. The summed E-state index contributed by atoms with van der Waals surface area (Å²) in [4.78, 5) is 2.55. The van der Waals surface area contributed by atoms with Crippen molar-refractivity contribution in [1.29, 1.82) is 0 Å². The Morgan fingerprint density at radius 2 is 1.78 bits per heavy atom. The van der Waals surface area contributed by atoms with Gasteiger partial charge in [-0.25, -0.2) is 0 Å². The Kier molecular flexibility index (Phi) is 4.79. The summed E-state index contributed by atoms with van der Waals surface area (Å²) in [6.45, 7) is 8.17. The maximum absolute atomic E-state index is 6.29. The Morgan fingerprint density at radius 3 is 2.39 bits per heavy atom. The summed E-state index contributed by atoms with van der Waals surface area (Å²) in [6, 6.07) is 10.8. The molecule has 0 spiro atoms. The molecule has 1 heterocycles. The molecule has 18 heavy (non-hydrogen) atoms. The Hall–Kier alpha value is -0.860. The molecule has 2 N–H and O–H groups in total. The highest BCUT2D eigenvalue weighted by atomic mass is 15.1. The van der Waals surface area contributed by atoms with E-state index in [4.69, 9.17) is 5.73 Å². The summed E-state index contributed by atoms with van der Waals surface area (Å²) in [5.41, 5.74) is 7.64. The van der Waals surface area contributed by atoms with Crippen LogP contribution in [0.5, 0.6) is 0 Å². The third-order valence-electron chi connectivity index (χ3n) is 3.78. The maximum atomic E-state index is 6.29. The van der Waals surface area contributed by atoms with Gasteiger partial charge in [0.25, 0.3) is 0 Å². The van der Waals surface area contributed by atoms with Crippen LogP contribution in [0.25, 0.3) is 0 Å². The maximum Gasteiger partial charge on any atom is 0.0208 e. The molecule has 100 valence electrons. The second-order valence-corrected chi connectivity index (χ2v) is 6.11. The molecule has 3 unspecified atom stereocenters. The van der Waals surface area contributed by atoms with Gasteiger partial charge in [-0.2, -0.15) is 0 Å². The minimum absolute atomic E-state index is 0.255. The topological polar surface area (TPSA) is 29.3 Å². The van der Waals surface area contributed by atoms with E-state index in [1.54, 1.807) is 0 Å². The van der Waals surface area contributed by atoms with Gasteiger partial charge in [-0.1, -0.05) is 44.2 Å². The number of hydrogen-bond acceptors (Lipinski definition) is 2. The molecule has 1 aliphatic heterocycles. The zero-order chi connectivity index (χ0) is 13.0. The van der Waals surface area contributed by atoms with Crippen molar-refractivity contribution in [2.24, 2.45) is 17.6 Å². The first-order valence-electron chi connectivity index (χ1n) is 7.15. The van der Waals surface area contributed by atoms with Crippen LogP contribution in [-0.4, -0.2) is 30.6 Å². The fourth-order valence-electron chi connectivity index (χ4n) is 3.25. The fourth-order valence-corrected chi connectivity index (χ4v) is 3.25. The summed E-state index contributed by atoms with van der Waals surface area (Å²) in [5.74, 6) is 1.63. The molecule has 1 saturated heterocycles. The Balaban J connectivity index is 1.82. The van der Waals surface area contributed by atoms with Gasteiger partial charge in [-0.15, -0.1) is 0 Å². The van der Waals surface area contributed by atoms with Crippen LogP contribution >= 0.6 is 0 Å². The van der Waals surface area contributed by atoms with Crippen molar-refractivity contribution in [3.63, 3.8) is 0 Å². The molecule has 2 nitrogen and oxygen atoms in total. The van der Waals surface area contributed by atoms with E-state index in [-0.39, 0.29) is 6.04 Å². The molecule has 0 bridgehead atoms. The summed E-state index contributed by atoms with van der Waals surface area (Å²) < 4.78 is 0. The number of likely N-dealkylation sites (tertiary alicyclic amines) is 1. The van der Waals surface area contributed by atoms with Crippen LogP contribution in [0.2, 0.25) is 0 Å². The monoisotopic (exact) mass is 246 g/mol. The largest absolute Gasteiger partial charge is 0.326 e. The second-order valence-electron chi connectivity index (χ2n) is 6.11. The van der Waals surface area contributed by atoms with E-state index in [0.29, 0.717) is 0 Å². The van der Waals surface area contributed by atoms with Gasteiger partial charge in [0.05, 0.1) is 0 Å². The predicted octanol–water partition coefficient (Wildman–Crippen LogP) is 2.53. The highest BCUT2D eigenvalue weighted by Crippen LogP contribution is 2.21. The SMILES string of the molecule is CC1CC(C)CN(CC(N)Cc2ccccc2)C1. The van der Waals surface area contributed by atoms with Gasteiger partial charge in [-0.3, -0.25) is 0 Å². The van der Waals surface area contributed by atoms with Gasteiger partial charge in [0.2, 0.25) is 0 Å². The van der Waals surface area contributed by atoms with Gasteiger partial charge in [0, 0.05) is 25.7 Å². The van der Waals surface area contributed by atoms with Gasteiger partial charge >= 0.3 is 0 Å². The number of rotatable bonds is 4. The molecule has 1 aromatic rings. The molecule has 0 saturated carbocycles. The van der Waals surface area contributed by atoms with Gasteiger partial charge in [0.1, 0.15) is 0 Å². The first-order chi connectivity index (χ1) is 8.63. The lowest BCUT2D eigenvalue weighted by Gasteiger charge is -2.36. The number of benzene rings is 1. The smallest absolute Gasteiger partial charge is 0.0208 e. The molecule has 1 aliphatic rings. The number of piperidine rings is 1. The molecule has 1 fully saturated rings. The first kappa shape index (κ1) is 13.6. The van der Waals surface area contributed by atoms with Crippen molar-refractivity contribution in [2.45, 2.75) is 32.7 Å². The minimum atomic E-state index is 0.255. The lowest BCUT2D eigenvalue weighted by Crippen LogP contribution is -2.45. The molecule has 0 aromatic heterocycles. The zero-order valence-electron chi connectivity index (χ0n) is 11.7. The van der Waals surface area contributed by atoms with E-state index < -0.39 is 0 Å². The third-order valence-corrected chi connectivity index (χ3v) is 3.78. The minimum Gasteiger partial charge on any atom is -0.326 e. The van der Waals surface area contributed by atoms with Crippen LogP contribution in [0.1, 0.15) is 25.8 Å². The number of nitrogens with zero attached hydrogens (tertiary/aromatic N) is 1. The molecular formula is C16H26N2. The van der Waals surface area contributed by atoms with Crippen LogP contribution in [0.3, 0.4) is 0 Å². The van der Waals surface area contributed by atoms with Crippen molar-refractivity contribution in [1.82, 2.24) is 4.90 Å². The molecular weight excluding hydrogens is 220 g/mol. The van der Waals surface area contributed by atoms with E-state index in [0.717, 1.165) is 24.8 Å². The van der Waals surface area contributed by atoms with Crippen LogP contribution in [-0.2, 0) is 6.42 Å². The summed E-state index contributed by atoms with van der Waals surface area (Å²) in [5, 5.41) is 0. The number of hydrogen-bond donors (Lipinski definition) is 1. The van der Waals surface area contributed by atoms with E-state index in [9.17, 15) is 0 Å². The predicted molar refractivity (Wildman–Crippen MR) is 77.5 cm³/mol. The molecule has 1 aromatic carbocycles. The normalized spacial score (nSPS) is 27.1. The average Bonchev–Trinajstić information content (AvgIpc) is 2.28. The van der Waals surface area contributed by atoms with Crippen molar-refractivity contribution in [2.75, 3.05) is 19.6 Å². The van der Waals surface area contributed by atoms with Gasteiger partial charge < -0.3 is 10.6 Å². The summed E-state index contributed by atoms with van der Waals surface area (Å²) in [7, 11) is 0. The third kappa shape index (κ3) is 4.11. The van der Waals surface area contributed by atoms with E-state index in [1.807, 2.05) is 0 Å². The van der Waals surface area contributed by atoms with Gasteiger partial charge in [0.15, 0.2) is 0 Å². The molecule has 2 heteroatoms. The lowest BCUT2D eigenvalue weighted by atomic mass is 9.91. The van der Waals surface area contributed by atoms with Crippen molar-refractivity contribution >= 4 is 0 Å². The van der Waals surface area contributed by atoms with Crippen molar-refractivity contribution < 1.29 is 0 Å². The van der Waals surface area contributed by atoms with E-state index >= 15 is 0 Å². The van der Waals surface area contributed by atoms with Crippen molar-refractivity contribution in [3.05, 3.63) is 35.9 Å². The zero-order valence-corrected chi connectivity index (χ0v) is 11.7. The Bertz CT molecular complexity index is 339. The highest BCUT2D eigenvalue weighted by molar-refractivity contribution is 5.15. The summed E-state index contributed by atoms with van der Waals surface area (Å²) >= 11 is 0. The summed E-state index contributed by atoms with van der Waals surface area (Å²) in [6.07, 6.45) is 2.35. The van der Waals surface area contributed by atoms with Crippen LogP contribution in [0, 0.1) is 11.8 Å². The fraction of sp³-hybridized carbons (Fsp3) is 0.625. The standard InChI is InChI=1S/C16H26N2/c1-13-8-14(2)11-18(10-13)12-16(17)9-15-6-4-3-5-7-15/h3-7,13-14,16H,8-12,17H2,1-2H3. The molecule has 0 amide bonds. The average molecular weight is 246 g/mol. The molecule has 2 rings (SSSR count). The Morgan fingerprint density at radius 1 is 1.17 bits per heavy atom. The van der Waals surface area contributed by atoms with Crippen LogP contribution in [0.4, 0.5) is 0 Å². The first-order valence-corrected chi connectivity index (χ1v) is 7.15. The van der Waals surface area contributed by atoms with Crippen molar-refractivity contribution in [3.8, 4) is 0 Å². The van der Waals surface area contributed by atoms with Crippen LogP contribution in [0.15, 0.2) is 30.3 Å². The lowest BCUT2D eigenvalue weighted by molar-refractivity contribution is 0.134. The molecule has 0 aliphatic carbocycles. The highest BCUT2D eigenvalue weighted by Gasteiger charge is 2.22. The molecule has 0 radical (unpaired) electrons. The van der Waals surface area contributed by atoms with Crippen LogP contribution < -0.4 is 5.73 Å². The van der Waals surface area contributed by atoms with Gasteiger partial charge in [-0.05, 0) is 30.2 Å². The second kappa shape index (κ2) is 6.35. The van der Waals surface area contributed by atoms with E-state index in [1.165, 1.54) is 25.1 Å². The Labute approximate surface area is 111 Å². The number of nitrogens with two attached hydrogens (primary N) is 1. The van der Waals surface area contributed by atoms with E-state index in [2.05, 4.69) is 49.1 Å². The molecule has 3 atom stereocenters.